The molecule has 1 aromatic heterocycles. The van der Waals surface area contributed by atoms with E-state index >= 15 is 0 Å². The third kappa shape index (κ3) is 2.54. The van der Waals surface area contributed by atoms with E-state index in [9.17, 15) is 9.90 Å². The van der Waals surface area contributed by atoms with Crippen molar-refractivity contribution >= 4 is 5.91 Å². The lowest BCUT2D eigenvalue weighted by Gasteiger charge is -2.64. The van der Waals surface area contributed by atoms with Crippen molar-refractivity contribution in [2.24, 2.45) is 23.8 Å². The molecule has 1 aromatic rings. The molecule has 26 heavy (non-hydrogen) atoms. The van der Waals surface area contributed by atoms with E-state index in [4.69, 9.17) is 0 Å². The number of carbonyl (C=O) groups is 1. The minimum Gasteiger partial charge on any atom is -0.390 e. The second-order valence-corrected chi connectivity index (χ2v) is 10.1. The van der Waals surface area contributed by atoms with Gasteiger partial charge in [-0.3, -0.25) is 9.48 Å². The summed E-state index contributed by atoms with van der Waals surface area (Å²) in [6, 6.07) is 0.392. The first-order chi connectivity index (χ1) is 12.3. The number of aromatic nitrogens is 2. The van der Waals surface area contributed by atoms with Gasteiger partial charge in [-0.15, -0.1) is 0 Å². The molecule has 6 rings (SSSR count). The van der Waals surface area contributed by atoms with Gasteiger partial charge in [-0.2, -0.15) is 5.10 Å². The first-order valence-corrected chi connectivity index (χ1v) is 10.4. The van der Waals surface area contributed by atoms with Crippen LogP contribution in [0.15, 0.2) is 12.4 Å². The Bertz CT molecular complexity index is 741. The van der Waals surface area contributed by atoms with E-state index in [1.807, 2.05) is 24.1 Å². The number of aryl methyl sites for hydroxylation is 1. The average Bonchev–Trinajstić information content (AvgIpc) is 3.32. The van der Waals surface area contributed by atoms with Crippen LogP contribution in [0.1, 0.15) is 70.3 Å². The molecule has 1 heterocycles. The predicted molar refractivity (Wildman–Crippen MR) is 98.1 cm³/mol. The summed E-state index contributed by atoms with van der Waals surface area (Å²) in [5.41, 5.74) is 0.373. The van der Waals surface area contributed by atoms with Crippen molar-refractivity contribution in [1.29, 1.82) is 0 Å². The van der Waals surface area contributed by atoms with Crippen molar-refractivity contribution in [3.8, 4) is 0 Å². The summed E-state index contributed by atoms with van der Waals surface area (Å²) in [5, 5.41) is 15.5. The van der Waals surface area contributed by atoms with Crippen LogP contribution < -0.4 is 0 Å². The monoisotopic (exact) mass is 357 g/mol. The molecule has 5 saturated carbocycles. The highest BCUT2D eigenvalue weighted by Gasteiger charge is 2.65. The number of amides is 1. The molecular formula is C21H31N3O2. The van der Waals surface area contributed by atoms with E-state index < -0.39 is 5.60 Å². The Kier molecular flexibility index (Phi) is 3.45. The number of hydrogen-bond donors (Lipinski definition) is 1. The first-order valence-electron chi connectivity index (χ1n) is 10.4. The maximum absolute atomic E-state index is 13.9. The summed E-state index contributed by atoms with van der Waals surface area (Å²) in [6.07, 6.45) is 12.9. The van der Waals surface area contributed by atoms with Crippen LogP contribution in [0.3, 0.4) is 0 Å². The topological polar surface area (TPSA) is 58.4 Å². The van der Waals surface area contributed by atoms with E-state index in [0.29, 0.717) is 30.8 Å². The van der Waals surface area contributed by atoms with E-state index in [-0.39, 0.29) is 10.8 Å². The maximum Gasteiger partial charge on any atom is 0.229 e. The zero-order valence-corrected chi connectivity index (χ0v) is 16.1. The highest BCUT2D eigenvalue weighted by atomic mass is 16.3. The Morgan fingerprint density at radius 2 is 2.12 bits per heavy atom. The minimum atomic E-state index is -0.603. The zero-order chi connectivity index (χ0) is 18.2. The van der Waals surface area contributed by atoms with Gasteiger partial charge >= 0.3 is 0 Å². The third-order valence-electron chi connectivity index (χ3n) is 7.72. The molecule has 1 N–H and O–H groups in total. The van der Waals surface area contributed by atoms with E-state index in [1.165, 1.54) is 6.42 Å². The molecule has 0 aliphatic heterocycles. The molecule has 4 bridgehead atoms. The summed E-state index contributed by atoms with van der Waals surface area (Å²) in [4.78, 5) is 16.0. The smallest absolute Gasteiger partial charge is 0.229 e. The Hall–Kier alpha value is -1.36. The van der Waals surface area contributed by atoms with Crippen molar-refractivity contribution in [1.82, 2.24) is 14.7 Å². The van der Waals surface area contributed by atoms with Crippen molar-refractivity contribution in [2.45, 2.75) is 82.9 Å². The summed E-state index contributed by atoms with van der Waals surface area (Å²) < 4.78 is 1.81. The Morgan fingerprint density at radius 3 is 2.73 bits per heavy atom. The van der Waals surface area contributed by atoms with E-state index in [1.54, 1.807) is 0 Å². The summed E-state index contributed by atoms with van der Waals surface area (Å²) >= 11 is 0. The van der Waals surface area contributed by atoms with Crippen LogP contribution in [0.25, 0.3) is 0 Å². The van der Waals surface area contributed by atoms with Crippen molar-refractivity contribution in [2.75, 3.05) is 0 Å². The van der Waals surface area contributed by atoms with E-state index in [0.717, 1.165) is 50.5 Å². The molecule has 4 unspecified atom stereocenters. The summed E-state index contributed by atoms with van der Waals surface area (Å²) in [5.74, 6) is 0.851. The van der Waals surface area contributed by atoms with Crippen LogP contribution in [-0.2, 0) is 18.4 Å². The number of rotatable bonds is 5. The molecule has 0 spiro atoms. The Labute approximate surface area is 155 Å². The van der Waals surface area contributed by atoms with Gasteiger partial charge in [0, 0.05) is 31.4 Å². The van der Waals surface area contributed by atoms with Gasteiger partial charge in [0.15, 0.2) is 0 Å². The number of aliphatic hydroxyl groups is 1. The average molecular weight is 357 g/mol. The van der Waals surface area contributed by atoms with Crippen LogP contribution in [0, 0.1) is 16.7 Å². The molecule has 0 aromatic carbocycles. The summed E-state index contributed by atoms with van der Waals surface area (Å²) in [6.45, 7) is 2.92. The molecule has 5 fully saturated rings. The zero-order valence-electron chi connectivity index (χ0n) is 16.1. The number of hydrogen-bond acceptors (Lipinski definition) is 3. The van der Waals surface area contributed by atoms with Gasteiger partial charge < -0.3 is 10.0 Å². The second kappa shape index (κ2) is 5.34. The SMILES string of the molecule is CCC12CC3CC(O)(C1)CC(C(=O)N(Cc1cnn(C)c1)C1CC1)(C3)C2. The molecule has 142 valence electrons. The first kappa shape index (κ1) is 16.8. The van der Waals surface area contributed by atoms with Crippen molar-refractivity contribution in [3.63, 3.8) is 0 Å². The Morgan fingerprint density at radius 1 is 1.31 bits per heavy atom. The Balaban J connectivity index is 1.46. The molecular weight excluding hydrogens is 326 g/mol. The van der Waals surface area contributed by atoms with Gasteiger partial charge in [-0.1, -0.05) is 13.3 Å². The standard InChI is InChI=1S/C21H31N3O2/c1-3-19-6-15-7-20(12-19,14-21(26,8-15)13-19)18(25)24(17-4-5-17)11-16-9-22-23(2)10-16/h9-10,15,17,26H,3-8,11-14H2,1-2H3. The van der Waals surface area contributed by atoms with Gasteiger partial charge in [0.2, 0.25) is 5.91 Å². The number of nitrogens with zero attached hydrogens (tertiary/aromatic N) is 3. The molecule has 5 aliphatic carbocycles. The molecule has 4 atom stereocenters. The quantitative estimate of drug-likeness (QED) is 0.881. The van der Waals surface area contributed by atoms with Crippen molar-refractivity contribution in [3.05, 3.63) is 18.0 Å². The highest BCUT2D eigenvalue weighted by Crippen LogP contribution is 2.68. The fraction of sp³-hybridized carbons (Fsp3) is 0.810. The normalized spacial score (nSPS) is 40.8. The van der Waals surface area contributed by atoms with Crippen LogP contribution >= 0.6 is 0 Å². The lowest BCUT2D eigenvalue weighted by Crippen LogP contribution is -2.64. The molecule has 0 radical (unpaired) electrons. The molecule has 5 nitrogen and oxygen atoms in total. The lowest BCUT2D eigenvalue weighted by atomic mass is 9.42. The predicted octanol–water partition coefficient (Wildman–Crippen LogP) is 3.02. The highest BCUT2D eigenvalue weighted by molar-refractivity contribution is 5.84. The van der Waals surface area contributed by atoms with Crippen LogP contribution in [0.5, 0.6) is 0 Å². The lowest BCUT2D eigenvalue weighted by molar-refractivity contribution is -0.210. The second-order valence-electron chi connectivity index (χ2n) is 10.1. The largest absolute Gasteiger partial charge is 0.390 e. The van der Waals surface area contributed by atoms with E-state index in [2.05, 4.69) is 16.9 Å². The molecule has 0 saturated heterocycles. The third-order valence-corrected chi connectivity index (χ3v) is 7.72. The fourth-order valence-corrected chi connectivity index (χ4v) is 7.03. The summed E-state index contributed by atoms with van der Waals surface area (Å²) in [7, 11) is 1.92. The van der Waals surface area contributed by atoms with Gasteiger partial charge in [0.25, 0.3) is 0 Å². The molecule has 5 aliphatic rings. The van der Waals surface area contributed by atoms with Crippen LogP contribution in [-0.4, -0.2) is 37.3 Å². The van der Waals surface area contributed by atoms with Crippen LogP contribution in [0.2, 0.25) is 0 Å². The van der Waals surface area contributed by atoms with Crippen LogP contribution in [0.4, 0.5) is 0 Å². The van der Waals surface area contributed by atoms with Gasteiger partial charge in [0.1, 0.15) is 0 Å². The fourth-order valence-electron chi connectivity index (χ4n) is 7.03. The van der Waals surface area contributed by atoms with Gasteiger partial charge in [-0.05, 0) is 62.7 Å². The van der Waals surface area contributed by atoms with Gasteiger partial charge in [0.05, 0.1) is 17.2 Å². The molecule has 1 amide bonds. The number of carbonyl (C=O) groups excluding carboxylic acids is 1. The molecule has 5 heteroatoms. The van der Waals surface area contributed by atoms with Gasteiger partial charge in [-0.25, -0.2) is 0 Å². The maximum atomic E-state index is 13.9. The minimum absolute atomic E-state index is 0.188. The van der Waals surface area contributed by atoms with Crippen molar-refractivity contribution < 1.29 is 9.90 Å².